The molecule has 0 aliphatic rings. The van der Waals surface area contributed by atoms with Crippen molar-refractivity contribution in [1.29, 1.82) is 0 Å². The van der Waals surface area contributed by atoms with Gasteiger partial charge in [0.2, 0.25) is 5.91 Å². The molecule has 0 atom stereocenters. The molecular formula is C22H17N3OS. The Balaban J connectivity index is 1.39. The lowest BCUT2D eigenvalue weighted by molar-refractivity contribution is -0.115. The van der Waals surface area contributed by atoms with E-state index in [1.807, 2.05) is 60.0 Å². The molecule has 0 bridgehead atoms. The number of nitrogens with zero attached hydrogens (tertiary/aromatic N) is 2. The van der Waals surface area contributed by atoms with Crippen LogP contribution >= 0.6 is 11.3 Å². The number of rotatable bonds is 5. The van der Waals surface area contributed by atoms with Crippen LogP contribution in [0.2, 0.25) is 0 Å². The van der Waals surface area contributed by atoms with E-state index in [9.17, 15) is 4.79 Å². The van der Waals surface area contributed by atoms with Gasteiger partial charge in [-0.15, -0.1) is 11.3 Å². The van der Waals surface area contributed by atoms with Crippen molar-refractivity contribution in [3.05, 3.63) is 90.1 Å². The van der Waals surface area contributed by atoms with Crippen LogP contribution in [-0.2, 0) is 11.2 Å². The van der Waals surface area contributed by atoms with Crippen molar-refractivity contribution < 1.29 is 4.79 Å². The van der Waals surface area contributed by atoms with Crippen LogP contribution in [0, 0.1) is 0 Å². The van der Waals surface area contributed by atoms with E-state index in [0.29, 0.717) is 11.6 Å². The molecule has 2 heterocycles. The maximum absolute atomic E-state index is 12.3. The number of anilines is 1. The summed E-state index contributed by atoms with van der Waals surface area (Å²) < 4.78 is 0. The topological polar surface area (TPSA) is 54.9 Å². The second-order valence-electron chi connectivity index (χ2n) is 6.07. The van der Waals surface area contributed by atoms with E-state index in [1.54, 1.807) is 12.4 Å². The molecule has 0 radical (unpaired) electrons. The molecule has 1 amide bonds. The van der Waals surface area contributed by atoms with Gasteiger partial charge in [0.1, 0.15) is 0 Å². The largest absolute Gasteiger partial charge is 0.302 e. The van der Waals surface area contributed by atoms with Crippen molar-refractivity contribution >= 4 is 22.4 Å². The average molecular weight is 371 g/mol. The van der Waals surface area contributed by atoms with Gasteiger partial charge in [0.25, 0.3) is 0 Å². The second kappa shape index (κ2) is 7.93. The van der Waals surface area contributed by atoms with Crippen molar-refractivity contribution in [2.24, 2.45) is 0 Å². The fraction of sp³-hybridized carbons (Fsp3) is 0.0455. The number of nitrogens with one attached hydrogen (secondary N) is 1. The first-order valence-corrected chi connectivity index (χ1v) is 9.46. The monoisotopic (exact) mass is 371 g/mol. The summed E-state index contributed by atoms with van der Waals surface area (Å²) in [5.41, 5.74) is 5.03. The fourth-order valence-corrected chi connectivity index (χ4v) is 3.51. The van der Waals surface area contributed by atoms with Gasteiger partial charge in [-0.05, 0) is 28.8 Å². The summed E-state index contributed by atoms with van der Waals surface area (Å²) >= 11 is 1.41. The van der Waals surface area contributed by atoms with Crippen molar-refractivity contribution in [3.8, 4) is 22.4 Å². The minimum Gasteiger partial charge on any atom is -0.302 e. The molecule has 4 nitrogen and oxygen atoms in total. The highest BCUT2D eigenvalue weighted by Crippen LogP contribution is 2.24. The fourth-order valence-electron chi connectivity index (χ4n) is 2.77. The maximum atomic E-state index is 12.3. The number of aromatic nitrogens is 2. The molecule has 2 aromatic carbocycles. The molecule has 0 unspecified atom stereocenters. The number of thiazole rings is 1. The van der Waals surface area contributed by atoms with Crippen molar-refractivity contribution in [2.45, 2.75) is 6.42 Å². The van der Waals surface area contributed by atoms with E-state index in [0.717, 1.165) is 22.4 Å². The first-order chi connectivity index (χ1) is 13.3. The lowest BCUT2D eigenvalue weighted by Crippen LogP contribution is -2.14. The number of carbonyl (C=O) groups excluding carboxylic acids is 1. The van der Waals surface area contributed by atoms with Crippen LogP contribution in [0.5, 0.6) is 0 Å². The molecule has 0 saturated carbocycles. The number of benzene rings is 2. The van der Waals surface area contributed by atoms with Crippen LogP contribution in [-0.4, -0.2) is 15.9 Å². The number of pyridine rings is 1. The van der Waals surface area contributed by atoms with Gasteiger partial charge in [-0.1, -0.05) is 54.6 Å². The Morgan fingerprint density at radius 1 is 0.889 bits per heavy atom. The summed E-state index contributed by atoms with van der Waals surface area (Å²) in [6, 6.07) is 22.1. The van der Waals surface area contributed by atoms with Gasteiger partial charge in [0, 0.05) is 23.3 Å². The van der Waals surface area contributed by atoms with Gasteiger partial charge in [-0.3, -0.25) is 9.78 Å². The highest BCUT2D eigenvalue weighted by atomic mass is 32.1. The van der Waals surface area contributed by atoms with Gasteiger partial charge in [0.05, 0.1) is 12.1 Å². The summed E-state index contributed by atoms with van der Waals surface area (Å²) in [5.74, 6) is -0.0745. The predicted octanol–water partition coefficient (Wildman–Crippen LogP) is 5.05. The van der Waals surface area contributed by atoms with Crippen LogP contribution < -0.4 is 5.32 Å². The molecule has 4 aromatic rings. The molecule has 0 aliphatic heterocycles. The van der Waals surface area contributed by atoms with Crippen LogP contribution in [0.25, 0.3) is 22.4 Å². The second-order valence-corrected chi connectivity index (χ2v) is 6.93. The predicted molar refractivity (Wildman–Crippen MR) is 110 cm³/mol. The molecular weight excluding hydrogens is 354 g/mol. The van der Waals surface area contributed by atoms with Gasteiger partial charge in [-0.2, -0.15) is 0 Å². The summed E-state index contributed by atoms with van der Waals surface area (Å²) in [6.07, 6.45) is 3.80. The molecule has 0 aliphatic carbocycles. The zero-order valence-corrected chi connectivity index (χ0v) is 15.3. The quantitative estimate of drug-likeness (QED) is 0.534. The molecule has 0 spiro atoms. The lowest BCUT2D eigenvalue weighted by Gasteiger charge is -2.05. The van der Waals surface area contributed by atoms with Gasteiger partial charge in [0.15, 0.2) is 5.13 Å². The Hall–Kier alpha value is -3.31. The molecule has 0 saturated heterocycles. The molecule has 5 heteroatoms. The van der Waals surface area contributed by atoms with Crippen LogP contribution in [0.3, 0.4) is 0 Å². The van der Waals surface area contributed by atoms with Crippen molar-refractivity contribution in [2.75, 3.05) is 5.32 Å². The van der Waals surface area contributed by atoms with Crippen LogP contribution in [0.4, 0.5) is 5.13 Å². The number of amides is 1. The smallest absolute Gasteiger partial charge is 0.230 e. The lowest BCUT2D eigenvalue weighted by atomic mass is 10.0. The highest BCUT2D eigenvalue weighted by Gasteiger charge is 2.09. The zero-order valence-electron chi connectivity index (χ0n) is 14.5. The standard InChI is InChI=1S/C22H17N3OS/c26-21(25-22-24-20(15-27-22)19-7-4-12-23-14-19)13-16-8-10-18(11-9-16)17-5-2-1-3-6-17/h1-12,14-15H,13H2,(H,24,25,26). The first kappa shape index (κ1) is 17.1. The van der Waals surface area contributed by atoms with E-state index >= 15 is 0 Å². The third-order valence-corrected chi connectivity index (χ3v) is 4.89. The van der Waals surface area contributed by atoms with E-state index in [4.69, 9.17) is 0 Å². The minimum absolute atomic E-state index is 0.0745. The molecule has 4 rings (SSSR count). The van der Waals surface area contributed by atoms with E-state index in [1.165, 1.54) is 16.9 Å². The summed E-state index contributed by atoms with van der Waals surface area (Å²) in [5, 5.41) is 5.39. The van der Waals surface area contributed by atoms with Crippen LogP contribution in [0.15, 0.2) is 84.5 Å². The Morgan fingerprint density at radius 2 is 1.63 bits per heavy atom. The third kappa shape index (κ3) is 4.27. The average Bonchev–Trinajstić information content (AvgIpc) is 3.18. The SMILES string of the molecule is O=C(Cc1ccc(-c2ccccc2)cc1)Nc1nc(-c2cccnc2)cs1. The Kier molecular flexibility index (Phi) is 5.03. The molecule has 132 valence electrons. The van der Waals surface area contributed by atoms with E-state index in [-0.39, 0.29) is 5.91 Å². The highest BCUT2D eigenvalue weighted by molar-refractivity contribution is 7.14. The van der Waals surface area contributed by atoms with E-state index in [2.05, 4.69) is 27.4 Å². The van der Waals surface area contributed by atoms with Crippen molar-refractivity contribution in [3.63, 3.8) is 0 Å². The van der Waals surface area contributed by atoms with Gasteiger partial charge >= 0.3 is 0 Å². The molecule has 0 fully saturated rings. The zero-order chi connectivity index (χ0) is 18.5. The normalized spacial score (nSPS) is 10.5. The van der Waals surface area contributed by atoms with Gasteiger partial charge in [-0.25, -0.2) is 4.98 Å². The minimum atomic E-state index is -0.0745. The Morgan fingerprint density at radius 3 is 2.37 bits per heavy atom. The Bertz CT molecular complexity index is 1030. The molecule has 27 heavy (non-hydrogen) atoms. The maximum Gasteiger partial charge on any atom is 0.230 e. The van der Waals surface area contributed by atoms with Gasteiger partial charge < -0.3 is 5.32 Å². The van der Waals surface area contributed by atoms with Crippen molar-refractivity contribution in [1.82, 2.24) is 9.97 Å². The first-order valence-electron chi connectivity index (χ1n) is 8.58. The summed E-state index contributed by atoms with van der Waals surface area (Å²) in [6.45, 7) is 0. The van der Waals surface area contributed by atoms with E-state index < -0.39 is 0 Å². The third-order valence-electron chi connectivity index (χ3n) is 4.13. The number of hydrogen-bond acceptors (Lipinski definition) is 4. The number of carbonyl (C=O) groups is 1. The Labute approximate surface area is 161 Å². The molecule has 1 N–H and O–H groups in total. The molecule has 2 aromatic heterocycles. The van der Waals surface area contributed by atoms with Crippen LogP contribution in [0.1, 0.15) is 5.56 Å². The summed E-state index contributed by atoms with van der Waals surface area (Å²) in [7, 11) is 0. The number of hydrogen-bond donors (Lipinski definition) is 1. The summed E-state index contributed by atoms with van der Waals surface area (Å²) in [4.78, 5) is 20.9.